The number of fused-ring (bicyclic) bond motifs is 1. The molecule has 0 radical (unpaired) electrons. The second-order valence-corrected chi connectivity index (χ2v) is 4.40. The van der Waals surface area contributed by atoms with E-state index in [1.165, 1.54) is 0 Å². The molecule has 18 heavy (non-hydrogen) atoms. The van der Waals surface area contributed by atoms with Crippen molar-refractivity contribution in [2.24, 2.45) is 7.05 Å². The summed E-state index contributed by atoms with van der Waals surface area (Å²) in [4.78, 5) is 10.8. The molecule has 3 rings (SSSR count). The molecule has 0 saturated carbocycles. The number of hydrogen-bond donors (Lipinski definition) is 0. The van der Waals surface area contributed by atoms with Crippen molar-refractivity contribution in [3.63, 3.8) is 0 Å². The lowest BCUT2D eigenvalue weighted by Crippen LogP contribution is -1.97. The normalized spacial score (nSPS) is 10.9. The van der Waals surface area contributed by atoms with Gasteiger partial charge in [0, 0.05) is 36.1 Å². The molecule has 0 atom stereocenters. The fourth-order valence-electron chi connectivity index (χ4n) is 2.16. The smallest absolute Gasteiger partial charge is 0.150 e. The predicted octanol–water partition coefficient (Wildman–Crippen LogP) is 2.24. The van der Waals surface area contributed by atoms with E-state index in [1.54, 1.807) is 4.68 Å². The molecular weight excluding hydrogens is 226 g/mol. The summed E-state index contributed by atoms with van der Waals surface area (Å²) < 4.78 is 3.91. The minimum atomic E-state index is 0.702. The average Bonchev–Trinajstić information content (AvgIpc) is 2.96. The van der Waals surface area contributed by atoms with E-state index >= 15 is 0 Å². The van der Waals surface area contributed by atoms with E-state index in [9.17, 15) is 4.79 Å². The summed E-state index contributed by atoms with van der Waals surface area (Å²) in [5.74, 6) is 0. The quantitative estimate of drug-likeness (QED) is 0.657. The second-order valence-electron chi connectivity index (χ2n) is 4.40. The molecule has 1 aromatic carbocycles. The molecule has 0 aliphatic heterocycles. The first-order valence-corrected chi connectivity index (χ1v) is 5.78. The van der Waals surface area contributed by atoms with Crippen LogP contribution < -0.4 is 0 Å². The summed E-state index contributed by atoms with van der Waals surface area (Å²) >= 11 is 0. The Morgan fingerprint density at radius 3 is 2.94 bits per heavy atom. The topological polar surface area (TPSA) is 39.8 Å². The first-order chi connectivity index (χ1) is 8.76. The van der Waals surface area contributed by atoms with Crippen molar-refractivity contribution in [2.45, 2.75) is 6.54 Å². The van der Waals surface area contributed by atoms with Crippen LogP contribution in [0.5, 0.6) is 0 Å². The fraction of sp³-hybridized carbons (Fsp3) is 0.143. The molecule has 4 heteroatoms. The third kappa shape index (κ3) is 1.82. The fourth-order valence-corrected chi connectivity index (χ4v) is 2.16. The van der Waals surface area contributed by atoms with Crippen molar-refractivity contribution in [1.82, 2.24) is 14.3 Å². The Labute approximate surface area is 104 Å². The molecule has 0 spiro atoms. The number of nitrogens with zero attached hydrogens (tertiary/aromatic N) is 3. The van der Waals surface area contributed by atoms with E-state index in [4.69, 9.17) is 0 Å². The van der Waals surface area contributed by atoms with Gasteiger partial charge in [-0.05, 0) is 17.5 Å². The molecule has 0 amide bonds. The minimum Gasteiger partial charge on any atom is -0.343 e. The van der Waals surface area contributed by atoms with Gasteiger partial charge in [0.05, 0.1) is 12.7 Å². The maximum Gasteiger partial charge on any atom is 0.150 e. The minimum absolute atomic E-state index is 0.702. The highest BCUT2D eigenvalue weighted by Gasteiger charge is 2.04. The summed E-state index contributed by atoms with van der Waals surface area (Å²) in [6.45, 7) is 0.764. The van der Waals surface area contributed by atoms with Crippen LogP contribution >= 0.6 is 0 Å². The van der Waals surface area contributed by atoms with Crippen LogP contribution in [-0.4, -0.2) is 20.6 Å². The second kappa shape index (κ2) is 4.14. The van der Waals surface area contributed by atoms with E-state index in [-0.39, 0.29) is 0 Å². The molecule has 4 nitrogen and oxygen atoms in total. The standard InChI is InChI=1S/C14H13N3O/c1-16-8-12(7-15-16)9-17-5-4-13-3-2-11(10-18)6-14(13)17/h2-8,10H,9H2,1H3. The van der Waals surface area contributed by atoms with Crippen LogP contribution in [0.25, 0.3) is 10.9 Å². The van der Waals surface area contributed by atoms with Gasteiger partial charge in [-0.3, -0.25) is 9.48 Å². The zero-order chi connectivity index (χ0) is 12.5. The van der Waals surface area contributed by atoms with Gasteiger partial charge in [0.25, 0.3) is 0 Å². The van der Waals surface area contributed by atoms with Crippen LogP contribution in [0.2, 0.25) is 0 Å². The number of rotatable bonds is 3. The Kier molecular flexibility index (Phi) is 2.48. The lowest BCUT2D eigenvalue weighted by Gasteiger charge is -2.03. The summed E-state index contributed by atoms with van der Waals surface area (Å²) in [6, 6.07) is 7.78. The van der Waals surface area contributed by atoms with Crippen LogP contribution in [0.1, 0.15) is 15.9 Å². The lowest BCUT2D eigenvalue weighted by atomic mass is 10.2. The van der Waals surface area contributed by atoms with Gasteiger partial charge in [-0.2, -0.15) is 5.10 Å². The average molecular weight is 239 g/mol. The van der Waals surface area contributed by atoms with Crippen LogP contribution in [0, 0.1) is 0 Å². The van der Waals surface area contributed by atoms with Gasteiger partial charge in [0.1, 0.15) is 6.29 Å². The Morgan fingerprint density at radius 2 is 2.22 bits per heavy atom. The highest BCUT2D eigenvalue weighted by Crippen LogP contribution is 2.18. The van der Waals surface area contributed by atoms with Gasteiger partial charge in [0.15, 0.2) is 0 Å². The van der Waals surface area contributed by atoms with Gasteiger partial charge in [0.2, 0.25) is 0 Å². The SMILES string of the molecule is Cn1cc(Cn2ccc3ccc(C=O)cc32)cn1. The molecule has 0 unspecified atom stereocenters. The number of hydrogen-bond acceptors (Lipinski definition) is 2. The maximum atomic E-state index is 10.8. The molecule has 0 saturated heterocycles. The molecule has 0 fully saturated rings. The van der Waals surface area contributed by atoms with E-state index < -0.39 is 0 Å². The summed E-state index contributed by atoms with van der Waals surface area (Å²) in [5.41, 5.74) is 2.92. The van der Waals surface area contributed by atoms with E-state index in [0.717, 1.165) is 29.3 Å². The van der Waals surface area contributed by atoms with Crippen molar-refractivity contribution in [1.29, 1.82) is 0 Å². The highest BCUT2D eigenvalue weighted by molar-refractivity contribution is 5.87. The Bertz CT molecular complexity index is 709. The first kappa shape index (κ1) is 10.8. The molecule has 90 valence electrons. The lowest BCUT2D eigenvalue weighted by molar-refractivity contribution is 0.112. The zero-order valence-electron chi connectivity index (χ0n) is 10.1. The third-order valence-electron chi connectivity index (χ3n) is 3.05. The summed E-state index contributed by atoms with van der Waals surface area (Å²) in [5, 5.41) is 5.30. The first-order valence-electron chi connectivity index (χ1n) is 5.78. The molecule has 0 N–H and O–H groups in total. The molecule has 2 aromatic heterocycles. The van der Waals surface area contributed by atoms with Crippen LogP contribution in [0.3, 0.4) is 0 Å². The summed E-state index contributed by atoms with van der Waals surface area (Å²) in [7, 11) is 1.90. The molecule has 3 aromatic rings. The molecule has 2 heterocycles. The number of aldehydes is 1. The Morgan fingerprint density at radius 1 is 1.33 bits per heavy atom. The number of aromatic nitrogens is 3. The van der Waals surface area contributed by atoms with Crippen molar-refractivity contribution in [3.8, 4) is 0 Å². The van der Waals surface area contributed by atoms with Gasteiger partial charge in [-0.1, -0.05) is 12.1 Å². The van der Waals surface area contributed by atoms with Crippen molar-refractivity contribution < 1.29 is 4.79 Å². The van der Waals surface area contributed by atoms with E-state index in [2.05, 4.69) is 15.7 Å². The summed E-state index contributed by atoms with van der Waals surface area (Å²) in [6.07, 6.45) is 6.76. The van der Waals surface area contributed by atoms with Crippen molar-refractivity contribution >= 4 is 17.2 Å². The number of carbonyl (C=O) groups excluding carboxylic acids is 1. The van der Waals surface area contributed by atoms with Crippen LogP contribution in [0.4, 0.5) is 0 Å². The monoisotopic (exact) mass is 239 g/mol. The third-order valence-corrected chi connectivity index (χ3v) is 3.05. The number of carbonyl (C=O) groups is 1. The largest absolute Gasteiger partial charge is 0.343 e. The Balaban J connectivity index is 2.03. The molecule has 0 bridgehead atoms. The number of benzene rings is 1. The molecular formula is C14H13N3O. The number of aryl methyl sites for hydroxylation is 1. The van der Waals surface area contributed by atoms with E-state index in [0.29, 0.717) is 5.56 Å². The Hall–Kier alpha value is -2.36. The van der Waals surface area contributed by atoms with Gasteiger partial charge in [-0.15, -0.1) is 0 Å². The molecule has 0 aliphatic rings. The maximum absolute atomic E-state index is 10.8. The van der Waals surface area contributed by atoms with Crippen LogP contribution in [-0.2, 0) is 13.6 Å². The van der Waals surface area contributed by atoms with E-state index in [1.807, 2.05) is 43.8 Å². The van der Waals surface area contributed by atoms with Gasteiger partial charge in [-0.25, -0.2) is 0 Å². The van der Waals surface area contributed by atoms with Crippen molar-refractivity contribution in [3.05, 3.63) is 54.0 Å². The van der Waals surface area contributed by atoms with Crippen molar-refractivity contribution in [2.75, 3.05) is 0 Å². The zero-order valence-corrected chi connectivity index (χ0v) is 10.1. The van der Waals surface area contributed by atoms with Gasteiger partial charge < -0.3 is 4.57 Å². The van der Waals surface area contributed by atoms with Gasteiger partial charge >= 0.3 is 0 Å². The van der Waals surface area contributed by atoms with Crippen LogP contribution in [0.15, 0.2) is 42.9 Å². The predicted molar refractivity (Wildman–Crippen MR) is 69.6 cm³/mol. The highest BCUT2D eigenvalue weighted by atomic mass is 16.1. The molecule has 0 aliphatic carbocycles.